The number of halogens is 2. The molecule has 0 saturated carbocycles. The van der Waals surface area contributed by atoms with Gasteiger partial charge in [-0.1, -0.05) is 68.3 Å². The van der Waals surface area contributed by atoms with Gasteiger partial charge in [0.2, 0.25) is 0 Å². The van der Waals surface area contributed by atoms with Crippen molar-refractivity contribution >= 4 is 55.0 Å². The van der Waals surface area contributed by atoms with Crippen LogP contribution in [0.3, 0.4) is 0 Å². The quantitative estimate of drug-likeness (QED) is 0.239. The molecule has 0 aliphatic carbocycles. The third-order valence-corrected chi connectivity index (χ3v) is 7.41. The van der Waals surface area contributed by atoms with Crippen LogP contribution in [0.1, 0.15) is 43.0 Å². The molecule has 0 aliphatic rings. The summed E-state index contributed by atoms with van der Waals surface area (Å²) in [6, 6.07) is 26.8. The second-order valence-corrected chi connectivity index (χ2v) is 10.1. The molecule has 0 aromatic heterocycles. The highest BCUT2D eigenvalue weighted by Crippen LogP contribution is 2.21. The number of aryl methyl sites for hydroxylation is 2. The normalized spacial score (nSPS) is 10.6. The Kier molecular flexibility index (Phi) is 7.83. The zero-order valence-electron chi connectivity index (χ0n) is 19.4. The van der Waals surface area contributed by atoms with E-state index in [1.807, 2.05) is 98.8 Å². The minimum absolute atomic E-state index is 0.144. The van der Waals surface area contributed by atoms with Crippen molar-refractivity contribution in [2.75, 3.05) is 10.6 Å². The van der Waals surface area contributed by atoms with E-state index < -0.39 is 0 Å². The number of nitrogens with one attached hydrogen (secondary N) is 2. The Morgan fingerprint density at radius 1 is 0.600 bits per heavy atom. The number of benzene rings is 4. The van der Waals surface area contributed by atoms with E-state index in [0.717, 1.165) is 49.0 Å². The van der Waals surface area contributed by atoms with E-state index >= 15 is 0 Å². The van der Waals surface area contributed by atoms with Crippen LogP contribution in [0, 0.1) is 13.8 Å². The number of hydrogen-bond donors (Lipinski definition) is 2. The van der Waals surface area contributed by atoms with Crippen LogP contribution in [0.4, 0.5) is 11.4 Å². The zero-order chi connectivity index (χ0) is 24.9. The SMILES string of the molecule is Cc1ccc(C(=O)Nc2ccc(Cc3ccc(NC(=O)c4ccc(C)c(Br)c4)cc3)cc2)cc1Br. The molecule has 0 radical (unpaired) electrons. The summed E-state index contributed by atoms with van der Waals surface area (Å²) < 4.78 is 1.82. The van der Waals surface area contributed by atoms with Crippen molar-refractivity contribution in [1.29, 1.82) is 0 Å². The predicted octanol–water partition coefficient (Wildman–Crippen LogP) is 7.92. The fourth-order valence-corrected chi connectivity index (χ4v) is 4.28. The average molecular weight is 592 g/mol. The van der Waals surface area contributed by atoms with E-state index in [2.05, 4.69) is 42.5 Å². The van der Waals surface area contributed by atoms with Crippen molar-refractivity contribution in [2.24, 2.45) is 0 Å². The molecule has 4 aromatic carbocycles. The maximum atomic E-state index is 12.5. The van der Waals surface area contributed by atoms with Crippen LogP contribution in [0.25, 0.3) is 0 Å². The molecule has 0 heterocycles. The topological polar surface area (TPSA) is 58.2 Å². The molecule has 176 valence electrons. The lowest BCUT2D eigenvalue weighted by Crippen LogP contribution is -2.12. The largest absolute Gasteiger partial charge is 0.322 e. The molecular formula is C29H24Br2N2O2. The maximum absolute atomic E-state index is 12.5. The highest BCUT2D eigenvalue weighted by molar-refractivity contribution is 9.10. The lowest BCUT2D eigenvalue weighted by atomic mass is 10.0. The highest BCUT2D eigenvalue weighted by atomic mass is 79.9. The van der Waals surface area contributed by atoms with Gasteiger partial charge in [0.05, 0.1) is 0 Å². The molecule has 2 amide bonds. The molecule has 35 heavy (non-hydrogen) atoms. The molecule has 4 aromatic rings. The lowest BCUT2D eigenvalue weighted by Gasteiger charge is -2.09. The minimum Gasteiger partial charge on any atom is -0.322 e. The van der Waals surface area contributed by atoms with E-state index in [1.165, 1.54) is 0 Å². The number of anilines is 2. The number of rotatable bonds is 6. The summed E-state index contributed by atoms with van der Waals surface area (Å²) in [5.41, 5.74) is 7.13. The average Bonchev–Trinajstić information content (AvgIpc) is 2.85. The molecule has 0 unspecified atom stereocenters. The first-order valence-electron chi connectivity index (χ1n) is 11.1. The molecular weight excluding hydrogens is 568 g/mol. The number of amides is 2. The van der Waals surface area contributed by atoms with Crippen LogP contribution in [0.2, 0.25) is 0 Å². The Morgan fingerprint density at radius 3 is 1.31 bits per heavy atom. The Hall–Kier alpha value is -3.22. The first kappa shape index (κ1) is 24.9. The van der Waals surface area contributed by atoms with Gasteiger partial charge in [-0.2, -0.15) is 0 Å². The van der Waals surface area contributed by atoms with E-state index in [-0.39, 0.29) is 11.8 Å². The number of carbonyl (C=O) groups is 2. The summed E-state index contributed by atoms with van der Waals surface area (Å²) in [6.45, 7) is 3.97. The second kappa shape index (κ2) is 11.0. The Labute approximate surface area is 222 Å². The summed E-state index contributed by atoms with van der Waals surface area (Å²) in [5, 5.41) is 5.88. The van der Waals surface area contributed by atoms with Crippen LogP contribution in [0.15, 0.2) is 93.9 Å². The fraction of sp³-hybridized carbons (Fsp3) is 0.103. The van der Waals surface area contributed by atoms with E-state index in [9.17, 15) is 9.59 Å². The van der Waals surface area contributed by atoms with Gasteiger partial charge in [0.1, 0.15) is 0 Å². The van der Waals surface area contributed by atoms with E-state index in [4.69, 9.17) is 0 Å². The molecule has 4 nitrogen and oxygen atoms in total. The van der Waals surface area contributed by atoms with Gasteiger partial charge in [0.25, 0.3) is 11.8 Å². The van der Waals surface area contributed by atoms with Gasteiger partial charge in [-0.05, 0) is 91.1 Å². The molecule has 0 bridgehead atoms. The van der Waals surface area contributed by atoms with Gasteiger partial charge in [-0.25, -0.2) is 0 Å². The molecule has 0 fully saturated rings. The molecule has 2 N–H and O–H groups in total. The number of hydrogen-bond acceptors (Lipinski definition) is 2. The van der Waals surface area contributed by atoms with E-state index in [1.54, 1.807) is 0 Å². The standard InChI is InChI=1S/C29H24Br2N2O2/c1-18-3-9-22(16-26(18)30)28(34)32-24-11-5-20(6-12-24)15-21-7-13-25(14-8-21)33-29(35)23-10-4-19(2)27(31)17-23/h3-14,16-17H,15H2,1-2H3,(H,32,34)(H,33,35). The van der Waals surface area contributed by atoms with Crippen molar-refractivity contribution in [3.8, 4) is 0 Å². The molecule has 0 atom stereocenters. The summed E-state index contributed by atoms with van der Waals surface area (Å²) >= 11 is 6.94. The van der Waals surface area contributed by atoms with E-state index in [0.29, 0.717) is 11.1 Å². The van der Waals surface area contributed by atoms with Crippen molar-refractivity contribution in [2.45, 2.75) is 20.3 Å². The Bertz CT molecular complexity index is 1270. The van der Waals surface area contributed by atoms with Gasteiger partial charge in [-0.3, -0.25) is 9.59 Å². The Morgan fingerprint density at radius 2 is 0.971 bits per heavy atom. The monoisotopic (exact) mass is 590 g/mol. The van der Waals surface area contributed by atoms with Gasteiger partial charge in [-0.15, -0.1) is 0 Å². The van der Waals surface area contributed by atoms with Gasteiger partial charge in [0, 0.05) is 31.4 Å². The summed E-state index contributed by atoms with van der Waals surface area (Å²) in [7, 11) is 0. The molecule has 0 aliphatic heterocycles. The molecule has 4 rings (SSSR count). The predicted molar refractivity (Wildman–Crippen MR) is 149 cm³/mol. The van der Waals surface area contributed by atoms with Crippen molar-refractivity contribution in [3.63, 3.8) is 0 Å². The van der Waals surface area contributed by atoms with Crippen LogP contribution >= 0.6 is 31.9 Å². The van der Waals surface area contributed by atoms with Gasteiger partial charge < -0.3 is 10.6 Å². The fourth-order valence-electron chi connectivity index (χ4n) is 3.52. The second-order valence-electron chi connectivity index (χ2n) is 8.41. The van der Waals surface area contributed by atoms with Crippen LogP contribution in [-0.4, -0.2) is 11.8 Å². The molecule has 0 spiro atoms. The third kappa shape index (κ3) is 6.47. The van der Waals surface area contributed by atoms with Crippen LogP contribution < -0.4 is 10.6 Å². The van der Waals surface area contributed by atoms with Crippen molar-refractivity contribution in [3.05, 3.63) is 127 Å². The Balaban J connectivity index is 1.34. The molecule has 0 saturated heterocycles. The summed E-state index contributed by atoms with van der Waals surface area (Å²) in [6.07, 6.45) is 0.748. The van der Waals surface area contributed by atoms with Gasteiger partial charge >= 0.3 is 0 Å². The van der Waals surface area contributed by atoms with Crippen LogP contribution in [-0.2, 0) is 6.42 Å². The third-order valence-electron chi connectivity index (χ3n) is 5.70. The first-order valence-corrected chi connectivity index (χ1v) is 12.7. The zero-order valence-corrected chi connectivity index (χ0v) is 22.5. The van der Waals surface area contributed by atoms with Crippen molar-refractivity contribution < 1.29 is 9.59 Å². The maximum Gasteiger partial charge on any atom is 0.255 e. The van der Waals surface area contributed by atoms with Gasteiger partial charge in [0.15, 0.2) is 0 Å². The smallest absolute Gasteiger partial charge is 0.255 e. The minimum atomic E-state index is -0.144. The summed E-state index contributed by atoms with van der Waals surface area (Å²) in [4.78, 5) is 25.0. The van der Waals surface area contributed by atoms with Crippen LogP contribution in [0.5, 0.6) is 0 Å². The van der Waals surface area contributed by atoms with Crippen molar-refractivity contribution in [1.82, 2.24) is 0 Å². The highest BCUT2D eigenvalue weighted by Gasteiger charge is 2.09. The lowest BCUT2D eigenvalue weighted by molar-refractivity contribution is 0.101. The number of carbonyl (C=O) groups excluding carboxylic acids is 2. The summed E-state index contributed by atoms with van der Waals surface area (Å²) in [5.74, 6) is -0.289. The molecule has 6 heteroatoms. The first-order chi connectivity index (χ1) is 16.8.